The number of sulfonamides is 1. The second-order valence-corrected chi connectivity index (χ2v) is 8.12. The highest BCUT2D eigenvalue weighted by Gasteiger charge is 2.31. The van der Waals surface area contributed by atoms with Crippen molar-refractivity contribution in [2.75, 3.05) is 19.6 Å². The van der Waals surface area contributed by atoms with Crippen molar-refractivity contribution < 1.29 is 13.2 Å². The third-order valence-corrected chi connectivity index (χ3v) is 6.47. The lowest BCUT2D eigenvalue weighted by atomic mass is 9.97. The summed E-state index contributed by atoms with van der Waals surface area (Å²) in [4.78, 5) is 14.4. The van der Waals surface area contributed by atoms with Gasteiger partial charge in [0.1, 0.15) is 4.90 Å². The van der Waals surface area contributed by atoms with Crippen molar-refractivity contribution >= 4 is 15.9 Å². The monoisotopic (exact) mass is 357 g/mol. The van der Waals surface area contributed by atoms with Gasteiger partial charge in [-0.15, -0.1) is 0 Å². The van der Waals surface area contributed by atoms with Gasteiger partial charge in [0.15, 0.2) is 0 Å². The van der Waals surface area contributed by atoms with Gasteiger partial charge in [-0.2, -0.15) is 9.82 Å². The van der Waals surface area contributed by atoms with E-state index in [2.05, 4.69) is 9.82 Å². The zero-order valence-electron chi connectivity index (χ0n) is 14.7. The third-order valence-electron chi connectivity index (χ3n) is 4.67. The maximum Gasteiger partial charge on any atom is 0.244 e. The Bertz CT molecular complexity index is 705. The van der Waals surface area contributed by atoms with Gasteiger partial charge in [-0.1, -0.05) is 0 Å². The van der Waals surface area contributed by atoms with Gasteiger partial charge in [0.2, 0.25) is 15.9 Å². The number of hydrogen-bond donors (Lipinski definition) is 2. The van der Waals surface area contributed by atoms with E-state index in [0.29, 0.717) is 36.9 Å². The van der Waals surface area contributed by atoms with E-state index in [0.717, 1.165) is 12.8 Å². The number of likely N-dealkylation sites (tertiary alicyclic amines) is 1. The number of carbonyl (C=O) groups excluding carboxylic acids is 1. The number of rotatable bonds is 5. The van der Waals surface area contributed by atoms with Crippen molar-refractivity contribution in [1.82, 2.24) is 19.4 Å². The number of aromatic nitrogens is 2. The molecule has 1 amide bonds. The highest BCUT2D eigenvalue weighted by Crippen LogP contribution is 2.20. The molecule has 2 heterocycles. The summed E-state index contributed by atoms with van der Waals surface area (Å²) in [7, 11) is -2.11. The maximum atomic E-state index is 12.6. The lowest BCUT2D eigenvalue weighted by Crippen LogP contribution is -2.49. The summed E-state index contributed by atoms with van der Waals surface area (Å²) in [5.41, 5.74) is 6.63. The van der Waals surface area contributed by atoms with Gasteiger partial charge in [-0.05, 0) is 46.1 Å². The maximum absolute atomic E-state index is 12.6. The van der Waals surface area contributed by atoms with Crippen molar-refractivity contribution in [3.63, 3.8) is 0 Å². The first kappa shape index (κ1) is 18.9. The summed E-state index contributed by atoms with van der Waals surface area (Å²) in [5, 5.41) is 4.13. The van der Waals surface area contributed by atoms with Gasteiger partial charge in [-0.3, -0.25) is 9.48 Å². The second kappa shape index (κ2) is 7.20. The zero-order chi connectivity index (χ0) is 18.1. The lowest BCUT2D eigenvalue weighted by Gasteiger charge is -2.33. The molecule has 0 aromatic carbocycles. The summed E-state index contributed by atoms with van der Waals surface area (Å²) in [6, 6.07) is -0.816. The van der Waals surface area contributed by atoms with E-state index in [-0.39, 0.29) is 10.8 Å². The van der Waals surface area contributed by atoms with E-state index in [4.69, 9.17) is 5.73 Å². The standard InChI is InChI=1S/C15H27N5O3S/c1-10-14(12(3)19(4)17-10)24(22,23)18-11(2)15(21)20-7-5-13(9-16)6-8-20/h11,13,18H,5-9,16H2,1-4H3. The quantitative estimate of drug-likeness (QED) is 0.765. The minimum absolute atomic E-state index is 0.145. The normalized spacial score (nSPS) is 18.0. The van der Waals surface area contributed by atoms with Gasteiger partial charge >= 0.3 is 0 Å². The number of nitrogens with zero attached hydrogens (tertiary/aromatic N) is 3. The van der Waals surface area contributed by atoms with Crippen molar-refractivity contribution in [3.8, 4) is 0 Å². The van der Waals surface area contributed by atoms with Gasteiger partial charge in [0.05, 0.1) is 17.4 Å². The zero-order valence-corrected chi connectivity index (χ0v) is 15.6. The van der Waals surface area contributed by atoms with Crippen LogP contribution in [0.25, 0.3) is 0 Å². The first-order valence-corrected chi connectivity index (χ1v) is 9.67. The fourth-order valence-corrected chi connectivity index (χ4v) is 4.78. The van der Waals surface area contributed by atoms with Crippen LogP contribution >= 0.6 is 0 Å². The molecule has 1 aromatic rings. The smallest absolute Gasteiger partial charge is 0.244 e. The summed E-state index contributed by atoms with van der Waals surface area (Å²) < 4.78 is 29.3. The van der Waals surface area contributed by atoms with E-state index in [9.17, 15) is 13.2 Å². The minimum Gasteiger partial charge on any atom is -0.341 e. The fourth-order valence-electron chi connectivity index (χ4n) is 3.15. The predicted molar refractivity (Wildman–Crippen MR) is 90.8 cm³/mol. The highest BCUT2D eigenvalue weighted by molar-refractivity contribution is 7.89. The van der Waals surface area contributed by atoms with Crippen LogP contribution in [-0.4, -0.2) is 54.7 Å². The second-order valence-electron chi connectivity index (χ2n) is 6.47. The number of nitrogens with one attached hydrogen (secondary N) is 1. The molecule has 1 saturated heterocycles. The Morgan fingerprint density at radius 2 is 1.96 bits per heavy atom. The Hall–Kier alpha value is -1.45. The van der Waals surface area contributed by atoms with Crippen molar-refractivity contribution in [3.05, 3.63) is 11.4 Å². The lowest BCUT2D eigenvalue weighted by molar-refractivity contribution is -0.133. The summed E-state index contributed by atoms with van der Waals surface area (Å²) in [6.45, 7) is 6.79. The SMILES string of the molecule is Cc1nn(C)c(C)c1S(=O)(=O)NC(C)C(=O)N1CCC(CN)CC1. The van der Waals surface area contributed by atoms with Gasteiger partial charge in [0, 0.05) is 20.1 Å². The van der Waals surface area contributed by atoms with Crippen LogP contribution in [0.15, 0.2) is 4.90 Å². The van der Waals surface area contributed by atoms with Crippen LogP contribution in [-0.2, 0) is 21.9 Å². The molecule has 8 nitrogen and oxygen atoms in total. The molecule has 24 heavy (non-hydrogen) atoms. The van der Waals surface area contributed by atoms with Gasteiger partial charge in [0.25, 0.3) is 0 Å². The molecule has 3 N–H and O–H groups in total. The molecule has 1 unspecified atom stereocenters. The summed E-state index contributed by atoms with van der Waals surface area (Å²) >= 11 is 0. The molecular formula is C15H27N5O3S. The molecule has 0 aliphatic carbocycles. The van der Waals surface area contributed by atoms with Crippen LogP contribution in [0.1, 0.15) is 31.2 Å². The van der Waals surface area contributed by atoms with Crippen LogP contribution < -0.4 is 10.5 Å². The number of carbonyl (C=O) groups is 1. The molecule has 136 valence electrons. The highest BCUT2D eigenvalue weighted by atomic mass is 32.2. The predicted octanol–water partition coefficient (Wildman–Crippen LogP) is -0.0990. The molecule has 0 saturated carbocycles. The Labute approximate surface area is 143 Å². The van der Waals surface area contributed by atoms with E-state index in [1.807, 2.05) is 0 Å². The molecule has 9 heteroatoms. The van der Waals surface area contributed by atoms with Gasteiger partial charge in [-0.25, -0.2) is 8.42 Å². The number of amides is 1. The van der Waals surface area contributed by atoms with Crippen molar-refractivity contribution in [1.29, 1.82) is 0 Å². The van der Waals surface area contributed by atoms with Crippen LogP contribution in [0.4, 0.5) is 0 Å². The number of hydrogen-bond acceptors (Lipinski definition) is 5. The van der Waals surface area contributed by atoms with Crippen molar-refractivity contribution in [2.45, 2.75) is 44.6 Å². The first-order chi connectivity index (χ1) is 11.2. The fraction of sp³-hybridized carbons (Fsp3) is 0.733. The van der Waals surface area contributed by atoms with E-state index in [1.165, 1.54) is 4.68 Å². The first-order valence-electron chi connectivity index (χ1n) is 8.18. The molecule has 1 aliphatic rings. The van der Waals surface area contributed by atoms with Crippen LogP contribution in [0.2, 0.25) is 0 Å². The minimum atomic E-state index is -3.80. The Morgan fingerprint density at radius 3 is 2.42 bits per heavy atom. The van der Waals surface area contributed by atoms with E-state index < -0.39 is 16.1 Å². The summed E-state index contributed by atoms with van der Waals surface area (Å²) in [6.07, 6.45) is 1.73. The topological polar surface area (TPSA) is 110 Å². The van der Waals surface area contributed by atoms with Crippen LogP contribution in [0.5, 0.6) is 0 Å². The molecule has 0 radical (unpaired) electrons. The molecule has 1 aromatic heterocycles. The van der Waals surface area contributed by atoms with Gasteiger partial charge < -0.3 is 10.6 Å². The number of nitrogens with two attached hydrogens (primary N) is 1. The molecule has 1 fully saturated rings. The summed E-state index contributed by atoms with van der Waals surface area (Å²) in [5.74, 6) is 0.245. The molecule has 1 aliphatic heterocycles. The third kappa shape index (κ3) is 3.79. The Kier molecular flexibility index (Phi) is 5.67. The number of piperidine rings is 1. The van der Waals surface area contributed by atoms with Crippen LogP contribution in [0.3, 0.4) is 0 Å². The largest absolute Gasteiger partial charge is 0.341 e. The van der Waals surface area contributed by atoms with Crippen molar-refractivity contribution in [2.24, 2.45) is 18.7 Å². The molecule has 2 rings (SSSR count). The van der Waals surface area contributed by atoms with E-state index >= 15 is 0 Å². The molecular weight excluding hydrogens is 330 g/mol. The molecule has 0 bridgehead atoms. The van der Waals surface area contributed by atoms with E-state index in [1.54, 1.807) is 32.7 Å². The average molecular weight is 357 g/mol. The Morgan fingerprint density at radius 1 is 1.38 bits per heavy atom. The number of aryl methyl sites for hydroxylation is 2. The molecule has 1 atom stereocenters. The van der Waals surface area contributed by atoms with Crippen LogP contribution in [0, 0.1) is 19.8 Å². The molecule has 0 spiro atoms. The Balaban J connectivity index is 2.08. The average Bonchev–Trinajstić information content (AvgIpc) is 2.79.